The minimum absolute atomic E-state index is 0.402. The molecular formula is C12H9BrN4. The van der Waals surface area contributed by atoms with Gasteiger partial charge in [-0.1, -0.05) is 15.9 Å². The van der Waals surface area contributed by atoms with Crippen LogP contribution in [0.2, 0.25) is 0 Å². The Morgan fingerprint density at radius 3 is 2.82 bits per heavy atom. The predicted molar refractivity (Wildman–Crippen MR) is 70.8 cm³/mol. The smallest absolute Gasteiger partial charge is 0.147 e. The maximum Gasteiger partial charge on any atom is 0.147 e. The minimum Gasteiger partial charge on any atom is -0.382 e. The zero-order valence-electron chi connectivity index (χ0n) is 8.81. The number of rotatable bonds is 2. The Balaban J connectivity index is 2.37. The molecule has 0 atom stereocenters. The van der Waals surface area contributed by atoms with E-state index in [9.17, 15) is 0 Å². The molecule has 1 aromatic carbocycles. The Morgan fingerprint density at radius 2 is 2.12 bits per heavy atom. The van der Waals surface area contributed by atoms with E-state index in [4.69, 9.17) is 11.0 Å². The molecule has 1 heterocycles. The van der Waals surface area contributed by atoms with Crippen LogP contribution < -0.4 is 11.1 Å². The number of nitrogens with one attached hydrogen (secondary N) is 1. The van der Waals surface area contributed by atoms with Gasteiger partial charge in [0.1, 0.15) is 11.9 Å². The van der Waals surface area contributed by atoms with Gasteiger partial charge in [-0.05, 0) is 30.3 Å². The van der Waals surface area contributed by atoms with E-state index in [-0.39, 0.29) is 0 Å². The highest BCUT2D eigenvalue weighted by molar-refractivity contribution is 9.10. The highest BCUT2D eigenvalue weighted by Crippen LogP contribution is 2.25. The standard InChI is InChI=1S/C12H9BrN4/c13-9-3-4-10(8(6-9)7-14)17-11-2-1-5-16-12(11)15/h1-6,17H,(H2,15,16). The van der Waals surface area contributed by atoms with Gasteiger partial charge in [0.25, 0.3) is 0 Å². The lowest BCUT2D eigenvalue weighted by atomic mass is 10.2. The summed E-state index contributed by atoms with van der Waals surface area (Å²) < 4.78 is 0.860. The van der Waals surface area contributed by atoms with Gasteiger partial charge >= 0.3 is 0 Å². The molecule has 0 unspecified atom stereocenters. The van der Waals surface area contributed by atoms with E-state index in [0.717, 1.165) is 4.47 Å². The number of nitrogens with zero attached hydrogens (tertiary/aromatic N) is 2. The molecule has 5 heteroatoms. The van der Waals surface area contributed by atoms with Crippen LogP contribution in [0.1, 0.15) is 5.56 Å². The fraction of sp³-hybridized carbons (Fsp3) is 0. The quantitative estimate of drug-likeness (QED) is 0.891. The SMILES string of the molecule is N#Cc1cc(Br)ccc1Nc1cccnc1N. The van der Waals surface area contributed by atoms with Crippen LogP contribution in [0.4, 0.5) is 17.2 Å². The van der Waals surface area contributed by atoms with Gasteiger partial charge in [0.2, 0.25) is 0 Å². The number of pyridine rings is 1. The van der Waals surface area contributed by atoms with Crippen molar-refractivity contribution in [2.75, 3.05) is 11.1 Å². The largest absolute Gasteiger partial charge is 0.382 e. The Labute approximate surface area is 107 Å². The Hall–Kier alpha value is -2.06. The normalized spacial score (nSPS) is 9.65. The Kier molecular flexibility index (Phi) is 3.26. The Bertz CT molecular complexity index is 589. The predicted octanol–water partition coefficient (Wildman–Crippen LogP) is 3.04. The van der Waals surface area contributed by atoms with Crippen molar-refractivity contribution in [3.63, 3.8) is 0 Å². The summed E-state index contributed by atoms with van der Waals surface area (Å²) in [6.45, 7) is 0. The number of nitriles is 1. The topological polar surface area (TPSA) is 74.7 Å². The molecule has 2 rings (SSSR count). The molecule has 3 N–H and O–H groups in total. The van der Waals surface area contributed by atoms with E-state index in [1.165, 1.54) is 0 Å². The molecule has 0 saturated heterocycles. The number of aromatic nitrogens is 1. The maximum atomic E-state index is 9.03. The van der Waals surface area contributed by atoms with Gasteiger partial charge in [-0.25, -0.2) is 4.98 Å². The van der Waals surface area contributed by atoms with Crippen LogP contribution >= 0.6 is 15.9 Å². The van der Waals surface area contributed by atoms with Gasteiger partial charge in [0.15, 0.2) is 0 Å². The summed E-state index contributed by atoms with van der Waals surface area (Å²) in [4.78, 5) is 3.97. The first-order valence-corrected chi connectivity index (χ1v) is 5.67. The molecule has 84 valence electrons. The molecule has 17 heavy (non-hydrogen) atoms. The summed E-state index contributed by atoms with van der Waals surface area (Å²) in [5, 5.41) is 12.1. The van der Waals surface area contributed by atoms with Crippen LogP contribution in [0.5, 0.6) is 0 Å². The van der Waals surface area contributed by atoms with Crippen molar-refractivity contribution in [3.8, 4) is 6.07 Å². The first-order valence-electron chi connectivity index (χ1n) is 4.88. The average molecular weight is 289 g/mol. The van der Waals surface area contributed by atoms with Gasteiger partial charge < -0.3 is 11.1 Å². The van der Waals surface area contributed by atoms with E-state index in [1.54, 1.807) is 18.3 Å². The van der Waals surface area contributed by atoms with Gasteiger partial charge in [0, 0.05) is 10.7 Å². The number of hydrogen-bond acceptors (Lipinski definition) is 4. The molecule has 0 bridgehead atoms. The molecule has 1 aromatic heterocycles. The zero-order valence-corrected chi connectivity index (χ0v) is 10.4. The minimum atomic E-state index is 0.402. The lowest BCUT2D eigenvalue weighted by Gasteiger charge is -2.09. The van der Waals surface area contributed by atoms with Crippen LogP contribution in [-0.2, 0) is 0 Å². The van der Waals surface area contributed by atoms with E-state index >= 15 is 0 Å². The number of hydrogen-bond donors (Lipinski definition) is 2. The third kappa shape index (κ3) is 2.55. The second-order valence-corrected chi connectivity index (χ2v) is 4.28. The van der Waals surface area contributed by atoms with Gasteiger partial charge in [-0.3, -0.25) is 0 Å². The summed E-state index contributed by atoms with van der Waals surface area (Å²) in [5.74, 6) is 0.402. The lowest BCUT2D eigenvalue weighted by Crippen LogP contribution is -1.99. The number of halogens is 1. The number of anilines is 3. The highest BCUT2D eigenvalue weighted by Gasteiger charge is 2.05. The van der Waals surface area contributed by atoms with Crippen molar-refractivity contribution in [1.29, 1.82) is 5.26 Å². The third-order valence-corrected chi connectivity index (χ3v) is 2.70. The first kappa shape index (κ1) is 11.4. The van der Waals surface area contributed by atoms with Crippen LogP contribution in [0.25, 0.3) is 0 Å². The molecule has 0 saturated carbocycles. The first-order chi connectivity index (χ1) is 8.20. The molecule has 0 aliphatic heterocycles. The molecule has 0 aliphatic rings. The van der Waals surface area contributed by atoms with Crippen LogP contribution in [0.3, 0.4) is 0 Å². The molecule has 0 fully saturated rings. The third-order valence-electron chi connectivity index (χ3n) is 2.21. The number of nitrogens with two attached hydrogens (primary N) is 1. The van der Waals surface area contributed by atoms with Crippen molar-refractivity contribution in [1.82, 2.24) is 4.98 Å². The molecule has 0 radical (unpaired) electrons. The monoisotopic (exact) mass is 288 g/mol. The van der Waals surface area contributed by atoms with E-state index < -0.39 is 0 Å². The highest BCUT2D eigenvalue weighted by atomic mass is 79.9. The van der Waals surface area contributed by atoms with Crippen molar-refractivity contribution < 1.29 is 0 Å². The van der Waals surface area contributed by atoms with Gasteiger partial charge in [-0.15, -0.1) is 0 Å². The lowest BCUT2D eigenvalue weighted by molar-refractivity contribution is 1.33. The van der Waals surface area contributed by atoms with Crippen molar-refractivity contribution in [2.45, 2.75) is 0 Å². The molecule has 2 aromatic rings. The van der Waals surface area contributed by atoms with E-state index in [2.05, 4.69) is 32.3 Å². The summed E-state index contributed by atoms with van der Waals surface area (Å²) in [6, 6.07) is 11.1. The van der Waals surface area contributed by atoms with E-state index in [0.29, 0.717) is 22.8 Å². The number of nitrogen functional groups attached to an aromatic ring is 1. The van der Waals surface area contributed by atoms with Crippen LogP contribution in [-0.4, -0.2) is 4.98 Å². The second-order valence-electron chi connectivity index (χ2n) is 3.36. The van der Waals surface area contributed by atoms with Crippen LogP contribution in [0.15, 0.2) is 41.0 Å². The summed E-state index contributed by atoms with van der Waals surface area (Å²) in [6.07, 6.45) is 1.62. The summed E-state index contributed by atoms with van der Waals surface area (Å²) >= 11 is 3.32. The molecule has 0 amide bonds. The number of benzene rings is 1. The Morgan fingerprint density at radius 1 is 1.29 bits per heavy atom. The molecule has 0 spiro atoms. The average Bonchev–Trinajstić information content (AvgIpc) is 2.34. The fourth-order valence-corrected chi connectivity index (χ4v) is 1.75. The van der Waals surface area contributed by atoms with Gasteiger partial charge in [0.05, 0.1) is 16.9 Å². The van der Waals surface area contributed by atoms with E-state index in [1.807, 2.05) is 18.2 Å². The van der Waals surface area contributed by atoms with Crippen molar-refractivity contribution in [3.05, 3.63) is 46.6 Å². The van der Waals surface area contributed by atoms with Crippen molar-refractivity contribution >= 4 is 33.1 Å². The second kappa shape index (κ2) is 4.85. The zero-order chi connectivity index (χ0) is 12.3. The molecule has 4 nitrogen and oxygen atoms in total. The summed E-state index contributed by atoms with van der Waals surface area (Å²) in [5.41, 5.74) is 7.66. The fourth-order valence-electron chi connectivity index (χ4n) is 1.39. The summed E-state index contributed by atoms with van der Waals surface area (Å²) in [7, 11) is 0. The molecular weight excluding hydrogens is 280 g/mol. The van der Waals surface area contributed by atoms with Crippen molar-refractivity contribution in [2.24, 2.45) is 0 Å². The van der Waals surface area contributed by atoms with Crippen LogP contribution in [0, 0.1) is 11.3 Å². The van der Waals surface area contributed by atoms with Gasteiger partial charge in [-0.2, -0.15) is 5.26 Å². The maximum absolute atomic E-state index is 9.03. The molecule has 0 aliphatic carbocycles.